The van der Waals surface area contributed by atoms with E-state index in [9.17, 15) is 14.4 Å². The Labute approximate surface area is 222 Å². The number of ether oxygens (including phenoxy) is 1. The van der Waals surface area contributed by atoms with Crippen molar-refractivity contribution in [2.24, 2.45) is 0 Å². The average molecular weight is 520 g/mol. The molecule has 3 amide bonds. The topological polar surface area (TPSA) is 87.7 Å². The molecule has 0 spiro atoms. The molecule has 3 unspecified atom stereocenters. The van der Waals surface area contributed by atoms with Crippen LogP contribution < -0.4 is 10.6 Å². The lowest BCUT2D eigenvalue weighted by atomic mass is 9.91. The van der Waals surface area contributed by atoms with Crippen molar-refractivity contribution < 1.29 is 19.1 Å². The highest BCUT2D eigenvalue weighted by atomic mass is 32.1. The molecule has 2 N–H and O–H groups in total. The highest BCUT2D eigenvalue weighted by Gasteiger charge is 2.39. The van der Waals surface area contributed by atoms with Crippen molar-refractivity contribution in [2.75, 3.05) is 5.75 Å². The van der Waals surface area contributed by atoms with Crippen LogP contribution in [0.15, 0.2) is 18.2 Å². The van der Waals surface area contributed by atoms with E-state index < -0.39 is 23.8 Å². The van der Waals surface area contributed by atoms with Crippen LogP contribution in [-0.4, -0.2) is 52.3 Å². The number of nitrogens with zero attached hydrogens (tertiary/aromatic N) is 1. The van der Waals surface area contributed by atoms with Gasteiger partial charge in [-0.05, 0) is 77.5 Å². The van der Waals surface area contributed by atoms with Gasteiger partial charge in [-0.15, -0.1) is 0 Å². The first kappa shape index (κ1) is 30.0. The minimum Gasteiger partial charge on any atom is -0.444 e. The summed E-state index contributed by atoms with van der Waals surface area (Å²) in [5.74, 6) is -0.450. The Balaban J connectivity index is 2.50. The lowest BCUT2D eigenvalue weighted by molar-refractivity contribution is -0.145. The fraction of sp³-hybridized carbons (Fsp3) is 0.679. The number of carbonyl (C=O) groups excluding carboxylic acids is 3. The monoisotopic (exact) mass is 519 g/mol. The molecule has 3 atom stereocenters. The van der Waals surface area contributed by atoms with E-state index in [2.05, 4.69) is 23.3 Å². The van der Waals surface area contributed by atoms with Gasteiger partial charge in [-0.1, -0.05) is 44.4 Å². The Hall–Kier alpha value is -2.22. The quantitative estimate of drug-likeness (QED) is 0.389. The molecule has 0 saturated heterocycles. The average Bonchev–Trinajstić information content (AvgIpc) is 2.80. The highest BCUT2D eigenvalue weighted by molar-refractivity contribution is 7.80. The Morgan fingerprint density at radius 1 is 1.11 bits per heavy atom. The predicted molar refractivity (Wildman–Crippen MR) is 147 cm³/mol. The van der Waals surface area contributed by atoms with Crippen LogP contribution in [-0.2, 0) is 14.3 Å². The predicted octanol–water partition coefficient (Wildman–Crippen LogP) is 5.24. The Kier molecular flexibility index (Phi) is 11.1. The van der Waals surface area contributed by atoms with Crippen LogP contribution in [0.4, 0.5) is 4.79 Å². The van der Waals surface area contributed by atoms with Crippen LogP contribution >= 0.6 is 12.6 Å². The first-order chi connectivity index (χ1) is 16.9. The van der Waals surface area contributed by atoms with Crippen molar-refractivity contribution in [3.8, 4) is 0 Å². The van der Waals surface area contributed by atoms with Gasteiger partial charge in [0.1, 0.15) is 17.7 Å². The molecule has 2 rings (SSSR count). The molecular weight excluding hydrogens is 474 g/mol. The van der Waals surface area contributed by atoms with Crippen molar-refractivity contribution in [1.82, 2.24) is 15.5 Å². The second-order valence-electron chi connectivity index (χ2n) is 10.9. The lowest BCUT2D eigenvalue weighted by Gasteiger charge is -2.39. The maximum Gasteiger partial charge on any atom is 0.408 e. The normalized spacial score (nSPS) is 17.0. The summed E-state index contributed by atoms with van der Waals surface area (Å²) in [6.45, 7) is 13.2. The van der Waals surface area contributed by atoms with Crippen molar-refractivity contribution in [1.29, 1.82) is 0 Å². The SMILES string of the molecule is CCC(C)N(C(=O)C(CS)NC(=O)OC(C)(C)C)C(C(=O)NC1CCCCC1)c1c(C)cccc1C. The smallest absolute Gasteiger partial charge is 0.408 e. The third-order valence-electron chi connectivity index (χ3n) is 6.79. The Morgan fingerprint density at radius 3 is 2.19 bits per heavy atom. The number of alkyl carbamates (subject to hydrolysis) is 1. The Morgan fingerprint density at radius 2 is 1.69 bits per heavy atom. The summed E-state index contributed by atoms with van der Waals surface area (Å²) in [5, 5.41) is 5.93. The zero-order chi connectivity index (χ0) is 27.0. The van der Waals surface area contributed by atoms with Gasteiger partial charge in [-0.2, -0.15) is 12.6 Å². The number of carbonyl (C=O) groups is 3. The van der Waals surface area contributed by atoms with Gasteiger partial charge in [-0.25, -0.2) is 4.79 Å². The Bertz CT molecular complexity index is 888. The molecule has 8 heteroatoms. The second-order valence-corrected chi connectivity index (χ2v) is 11.3. The first-order valence-electron chi connectivity index (χ1n) is 13.2. The summed E-state index contributed by atoms with van der Waals surface area (Å²) in [6, 6.07) is 3.99. The molecule has 7 nitrogen and oxygen atoms in total. The van der Waals surface area contributed by atoms with Gasteiger partial charge in [0.05, 0.1) is 0 Å². The van der Waals surface area contributed by atoms with Gasteiger partial charge >= 0.3 is 6.09 Å². The second kappa shape index (κ2) is 13.4. The van der Waals surface area contributed by atoms with E-state index >= 15 is 0 Å². The molecule has 1 aromatic rings. The minimum absolute atomic E-state index is 0.0781. The number of thiol groups is 1. The van der Waals surface area contributed by atoms with Crippen molar-refractivity contribution in [3.63, 3.8) is 0 Å². The number of hydrogen-bond acceptors (Lipinski definition) is 5. The number of hydrogen-bond donors (Lipinski definition) is 3. The van der Waals surface area contributed by atoms with Gasteiger partial charge in [0.2, 0.25) is 11.8 Å². The van der Waals surface area contributed by atoms with Crippen LogP contribution in [0.5, 0.6) is 0 Å². The molecule has 0 radical (unpaired) electrons. The molecule has 1 aromatic carbocycles. The van der Waals surface area contributed by atoms with Gasteiger partial charge in [0, 0.05) is 17.8 Å². The summed E-state index contributed by atoms with van der Waals surface area (Å²) >= 11 is 4.37. The maximum absolute atomic E-state index is 14.0. The van der Waals surface area contributed by atoms with E-state index in [0.717, 1.165) is 42.4 Å². The van der Waals surface area contributed by atoms with Gasteiger partial charge in [0.15, 0.2) is 0 Å². The van der Waals surface area contributed by atoms with Crippen molar-refractivity contribution in [2.45, 2.75) is 117 Å². The molecule has 36 heavy (non-hydrogen) atoms. The van der Waals surface area contributed by atoms with Crippen molar-refractivity contribution in [3.05, 3.63) is 34.9 Å². The molecular formula is C28H45N3O4S. The standard InChI is InChI=1S/C28H45N3O4S/c1-8-20(4)31(26(33)22(17-36)30-27(34)35-28(5,6)7)24(23-18(2)13-12-14-19(23)3)25(32)29-21-15-10-9-11-16-21/h12-14,20-22,24,36H,8-11,15-17H2,1-7H3,(H,29,32)(H,30,34). The summed E-state index contributed by atoms with van der Waals surface area (Å²) in [6.07, 6.45) is 5.22. The van der Waals surface area contributed by atoms with Crippen molar-refractivity contribution >= 4 is 30.5 Å². The van der Waals surface area contributed by atoms with Gasteiger partial charge < -0.3 is 20.3 Å². The summed E-state index contributed by atoms with van der Waals surface area (Å²) in [7, 11) is 0. The summed E-state index contributed by atoms with van der Waals surface area (Å²) in [4.78, 5) is 42.2. The third-order valence-corrected chi connectivity index (χ3v) is 7.15. The van der Waals surface area contributed by atoms with Crippen LogP contribution in [0.25, 0.3) is 0 Å². The fourth-order valence-electron chi connectivity index (χ4n) is 4.79. The van der Waals surface area contributed by atoms with Gasteiger partial charge in [0.25, 0.3) is 0 Å². The van der Waals surface area contributed by atoms with Crippen LogP contribution in [0.2, 0.25) is 0 Å². The van der Waals surface area contributed by atoms with Gasteiger partial charge in [-0.3, -0.25) is 9.59 Å². The zero-order valence-electron chi connectivity index (χ0n) is 23.0. The van der Waals surface area contributed by atoms with E-state index in [1.54, 1.807) is 25.7 Å². The molecule has 1 aliphatic rings. The van der Waals surface area contributed by atoms with E-state index in [4.69, 9.17) is 4.74 Å². The van der Waals surface area contributed by atoms with E-state index in [-0.39, 0.29) is 29.7 Å². The number of nitrogens with one attached hydrogen (secondary N) is 2. The number of benzene rings is 1. The summed E-state index contributed by atoms with van der Waals surface area (Å²) < 4.78 is 5.38. The van der Waals surface area contributed by atoms with Crippen LogP contribution in [0, 0.1) is 13.8 Å². The largest absolute Gasteiger partial charge is 0.444 e. The van der Waals surface area contributed by atoms with Crippen LogP contribution in [0.3, 0.4) is 0 Å². The maximum atomic E-state index is 14.0. The minimum atomic E-state index is -0.938. The van der Waals surface area contributed by atoms with E-state index in [1.165, 1.54) is 6.42 Å². The van der Waals surface area contributed by atoms with E-state index in [0.29, 0.717) is 6.42 Å². The molecule has 1 fully saturated rings. The number of amides is 3. The van der Waals surface area contributed by atoms with Crippen LogP contribution in [0.1, 0.15) is 95.9 Å². The molecule has 0 aromatic heterocycles. The summed E-state index contributed by atoms with van der Waals surface area (Å²) in [5.41, 5.74) is 2.02. The fourth-order valence-corrected chi connectivity index (χ4v) is 5.04. The number of aryl methyl sites for hydroxylation is 2. The molecule has 0 bridgehead atoms. The molecule has 202 valence electrons. The highest BCUT2D eigenvalue weighted by Crippen LogP contribution is 2.31. The van der Waals surface area contributed by atoms with E-state index in [1.807, 2.05) is 45.9 Å². The molecule has 0 aliphatic heterocycles. The number of rotatable bonds is 9. The zero-order valence-corrected chi connectivity index (χ0v) is 23.9. The first-order valence-corrected chi connectivity index (χ1v) is 13.8. The lowest BCUT2D eigenvalue weighted by Crippen LogP contribution is -2.57. The molecule has 1 saturated carbocycles. The molecule has 0 heterocycles. The third kappa shape index (κ3) is 8.15. The molecule has 1 aliphatic carbocycles.